The van der Waals surface area contributed by atoms with Crippen molar-refractivity contribution in [2.45, 2.75) is 71.8 Å². The van der Waals surface area contributed by atoms with Crippen molar-refractivity contribution in [3.63, 3.8) is 0 Å². The van der Waals surface area contributed by atoms with Crippen molar-refractivity contribution in [2.75, 3.05) is 19.8 Å². The van der Waals surface area contributed by atoms with E-state index >= 15 is 0 Å². The van der Waals surface area contributed by atoms with E-state index in [-0.39, 0.29) is 6.10 Å². The fourth-order valence-corrected chi connectivity index (χ4v) is 3.09. The van der Waals surface area contributed by atoms with Crippen LogP contribution in [0.4, 0.5) is 0 Å². The first-order valence-electron chi connectivity index (χ1n) is 8.65. The molecule has 0 rings (SSSR count). The predicted octanol–water partition coefficient (Wildman–Crippen LogP) is 2.90. The molecule has 2 unspecified atom stereocenters. The molecule has 0 aromatic carbocycles. The standard InChI is InChI=1S/C17H34O5Si/c1-7-10-12-19-15(6)17(23-21-9-3,20-13-11-8-2)22-16(18)14(4)5/h15H,4,7-13,23H2,1-3,5-6H3. The van der Waals surface area contributed by atoms with Crippen LogP contribution in [-0.4, -0.2) is 47.1 Å². The third-order valence-corrected chi connectivity index (χ3v) is 5.39. The van der Waals surface area contributed by atoms with Gasteiger partial charge in [-0.3, -0.25) is 0 Å². The van der Waals surface area contributed by atoms with Crippen LogP contribution in [0.25, 0.3) is 0 Å². The van der Waals surface area contributed by atoms with E-state index < -0.39 is 21.1 Å². The van der Waals surface area contributed by atoms with Crippen LogP contribution in [0.15, 0.2) is 12.2 Å². The molecule has 0 fully saturated rings. The molecule has 6 heteroatoms. The van der Waals surface area contributed by atoms with Crippen LogP contribution in [0.3, 0.4) is 0 Å². The fraction of sp³-hybridized carbons (Fsp3) is 0.824. The first kappa shape index (κ1) is 22.3. The summed E-state index contributed by atoms with van der Waals surface area (Å²) in [7, 11) is -1.30. The molecular formula is C17H34O5Si. The lowest BCUT2D eigenvalue weighted by Gasteiger charge is -2.37. The number of carbonyl (C=O) groups excluding carboxylic acids is 1. The van der Waals surface area contributed by atoms with Gasteiger partial charge in [0.05, 0.1) is 6.61 Å². The summed E-state index contributed by atoms with van der Waals surface area (Å²) in [6.07, 6.45) is 3.54. The van der Waals surface area contributed by atoms with Crippen molar-refractivity contribution in [2.24, 2.45) is 0 Å². The van der Waals surface area contributed by atoms with Gasteiger partial charge in [-0.1, -0.05) is 33.3 Å². The van der Waals surface area contributed by atoms with Gasteiger partial charge in [-0.15, -0.1) is 0 Å². The molecule has 0 amide bonds. The maximum absolute atomic E-state index is 12.1. The molecule has 0 aromatic heterocycles. The monoisotopic (exact) mass is 346 g/mol. The van der Waals surface area contributed by atoms with Crippen molar-refractivity contribution < 1.29 is 23.4 Å². The molecule has 0 saturated carbocycles. The van der Waals surface area contributed by atoms with Gasteiger partial charge in [0, 0.05) is 18.8 Å². The highest BCUT2D eigenvalue weighted by Crippen LogP contribution is 2.23. The molecule has 0 radical (unpaired) electrons. The van der Waals surface area contributed by atoms with Gasteiger partial charge < -0.3 is 18.6 Å². The van der Waals surface area contributed by atoms with E-state index in [0.29, 0.717) is 25.4 Å². The lowest BCUT2D eigenvalue weighted by Crippen LogP contribution is -2.55. The topological polar surface area (TPSA) is 54.0 Å². The van der Waals surface area contributed by atoms with Gasteiger partial charge in [0.1, 0.15) is 6.10 Å². The van der Waals surface area contributed by atoms with Gasteiger partial charge in [0.2, 0.25) is 15.2 Å². The minimum absolute atomic E-state index is 0.347. The quantitative estimate of drug-likeness (QED) is 0.159. The average molecular weight is 347 g/mol. The third-order valence-electron chi connectivity index (χ3n) is 3.45. The van der Waals surface area contributed by atoms with E-state index in [4.69, 9.17) is 18.6 Å². The second-order valence-electron chi connectivity index (χ2n) is 5.69. The Balaban J connectivity index is 5.16. The number of hydrogen-bond acceptors (Lipinski definition) is 5. The van der Waals surface area contributed by atoms with Crippen LogP contribution < -0.4 is 0 Å². The summed E-state index contributed by atoms with van der Waals surface area (Å²) in [6.45, 7) is 15.0. The van der Waals surface area contributed by atoms with E-state index in [9.17, 15) is 4.79 Å². The molecule has 5 nitrogen and oxygen atoms in total. The smallest absolute Gasteiger partial charge is 0.335 e. The van der Waals surface area contributed by atoms with Gasteiger partial charge in [0.25, 0.3) is 0 Å². The Labute approximate surface area is 143 Å². The molecule has 23 heavy (non-hydrogen) atoms. The largest absolute Gasteiger partial charge is 0.429 e. The van der Waals surface area contributed by atoms with Crippen LogP contribution in [0.2, 0.25) is 0 Å². The molecule has 0 aromatic rings. The minimum Gasteiger partial charge on any atom is -0.429 e. The summed E-state index contributed by atoms with van der Waals surface area (Å²) in [4.78, 5) is 12.1. The Hall–Kier alpha value is -0.693. The van der Waals surface area contributed by atoms with E-state index in [0.717, 1.165) is 25.7 Å². The molecule has 0 aliphatic carbocycles. The second-order valence-corrected chi connectivity index (χ2v) is 7.37. The fourth-order valence-electron chi connectivity index (χ4n) is 1.83. The molecule has 2 atom stereocenters. The lowest BCUT2D eigenvalue weighted by atomic mass is 10.3. The molecule has 0 aliphatic rings. The zero-order valence-electron chi connectivity index (χ0n) is 15.5. The van der Waals surface area contributed by atoms with Crippen molar-refractivity contribution in [3.8, 4) is 0 Å². The molecular weight excluding hydrogens is 312 g/mol. The highest BCUT2D eigenvalue weighted by molar-refractivity contribution is 6.32. The number of carbonyl (C=O) groups is 1. The molecule has 136 valence electrons. The van der Waals surface area contributed by atoms with Crippen LogP contribution in [0.1, 0.15) is 60.3 Å². The van der Waals surface area contributed by atoms with Crippen LogP contribution in [-0.2, 0) is 23.4 Å². The summed E-state index contributed by atoms with van der Waals surface area (Å²) in [5, 5.41) is 0. The van der Waals surface area contributed by atoms with E-state index in [1.54, 1.807) is 6.92 Å². The highest BCUT2D eigenvalue weighted by atomic mass is 28.2. The lowest BCUT2D eigenvalue weighted by molar-refractivity contribution is -0.235. The average Bonchev–Trinajstić information content (AvgIpc) is 2.52. The van der Waals surface area contributed by atoms with Crippen molar-refractivity contribution >= 4 is 15.7 Å². The maximum Gasteiger partial charge on any atom is 0.335 e. The molecule has 0 N–H and O–H groups in total. The zero-order chi connectivity index (χ0) is 17.7. The predicted molar refractivity (Wildman–Crippen MR) is 95.0 cm³/mol. The number of esters is 1. The molecule has 0 bridgehead atoms. The first-order valence-corrected chi connectivity index (χ1v) is 9.94. The number of rotatable bonds is 14. The van der Waals surface area contributed by atoms with E-state index in [1.807, 2.05) is 13.8 Å². The molecule has 0 spiro atoms. The Bertz CT molecular complexity index is 348. The normalized spacial score (nSPS) is 15.5. The number of hydrogen-bond donors (Lipinski definition) is 0. The summed E-state index contributed by atoms with van der Waals surface area (Å²) in [5.74, 6) is -0.459. The van der Waals surface area contributed by atoms with Gasteiger partial charge in [-0.25, -0.2) is 4.79 Å². The maximum atomic E-state index is 12.1. The Morgan fingerprint density at radius 3 is 2.30 bits per heavy atom. The van der Waals surface area contributed by atoms with Crippen molar-refractivity contribution in [3.05, 3.63) is 12.2 Å². The Morgan fingerprint density at radius 2 is 1.78 bits per heavy atom. The van der Waals surface area contributed by atoms with Crippen LogP contribution in [0.5, 0.6) is 0 Å². The van der Waals surface area contributed by atoms with Gasteiger partial charge in [0.15, 0.2) is 0 Å². The van der Waals surface area contributed by atoms with E-state index in [1.165, 1.54) is 0 Å². The third kappa shape index (κ3) is 8.65. The highest BCUT2D eigenvalue weighted by Gasteiger charge is 2.43. The van der Waals surface area contributed by atoms with Gasteiger partial charge >= 0.3 is 5.97 Å². The summed E-state index contributed by atoms with van der Waals surface area (Å²) in [6, 6.07) is 0. The van der Waals surface area contributed by atoms with Gasteiger partial charge in [-0.2, -0.15) is 0 Å². The Kier molecular flexibility index (Phi) is 12.3. The molecule has 0 saturated heterocycles. The Morgan fingerprint density at radius 1 is 1.17 bits per heavy atom. The summed E-state index contributed by atoms with van der Waals surface area (Å²) < 4.78 is 23.2. The van der Waals surface area contributed by atoms with Crippen molar-refractivity contribution in [1.29, 1.82) is 0 Å². The SMILES string of the molecule is C=C(C)C(=O)OC(OCCCC)([SiH2]OCC)C(C)OCCCC. The summed E-state index contributed by atoms with van der Waals surface area (Å²) >= 11 is 0. The number of unbranched alkanes of at least 4 members (excludes halogenated alkanes) is 2. The van der Waals surface area contributed by atoms with E-state index in [2.05, 4.69) is 20.4 Å². The molecule has 0 heterocycles. The molecule has 0 aliphatic heterocycles. The van der Waals surface area contributed by atoms with Crippen LogP contribution in [0, 0.1) is 0 Å². The second kappa shape index (κ2) is 12.7. The number of ether oxygens (including phenoxy) is 3. The zero-order valence-corrected chi connectivity index (χ0v) is 16.9. The minimum atomic E-state index is -1.30. The van der Waals surface area contributed by atoms with Gasteiger partial charge in [-0.05, 0) is 33.6 Å². The van der Waals surface area contributed by atoms with Crippen molar-refractivity contribution in [1.82, 2.24) is 0 Å². The first-order chi connectivity index (χ1) is 10.9. The summed E-state index contributed by atoms with van der Waals surface area (Å²) in [5.41, 5.74) is -0.755. The van der Waals surface area contributed by atoms with Crippen LogP contribution >= 0.6 is 0 Å².